The Morgan fingerprint density at radius 2 is 1.76 bits per heavy atom. The van der Waals surface area contributed by atoms with Crippen LogP contribution in [0, 0.1) is 5.92 Å². The molecular weight excluding hydrogens is 427 g/mol. The minimum atomic E-state index is 0. The minimum Gasteiger partial charge on any atom is -0.378 e. The molecule has 0 amide bonds. The molecule has 2 aliphatic heterocycles. The van der Waals surface area contributed by atoms with Gasteiger partial charge in [0.2, 0.25) is 0 Å². The smallest absolute Gasteiger partial charge is 0.193 e. The topological polar surface area (TPSA) is 40.1 Å². The first-order valence-electron chi connectivity index (χ1n) is 10.1. The van der Waals surface area contributed by atoms with Gasteiger partial charge in [-0.2, -0.15) is 0 Å². The molecule has 6 heteroatoms. The highest BCUT2D eigenvalue weighted by molar-refractivity contribution is 14.0. The van der Waals surface area contributed by atoms with E-state index in [0.29, 0.717) is 6.10 Å². The molecule has 0 saturated carbocycles. The number of piperidine rings is 2. The van der Waals surface area contributed by atoms with E-state index in [4.69, 9.17) is 9.73 Å². The van der Waals surface area contributed by atoms with Crippen LogP contribution in [0.4, 0.5) is 0 Å². The number of ether oxygens (including phenoxy) is 1. The van der Waals surface area contributed by atoms with Crippen molar-refractivity contribution in [2.45, 2.75) is 59.0 Å². The second-order valence-corrected chi connectivity index (χ2v) is 7.26. The molecule has 0 aromatic rings. The average molecular weight is 466 g/mol. The normalized spacial score (nSPS) is 21.2. The fourth-order valence-electron chi connectivity index (χ4n) is 3.66. The molecule has 5 nitrogen and oxygen atoms in total. The third-order valence-corrected chi connectivity index (χ3v) is 5.25. The van der Waals surface area contributed by atoms with Gasteiger partial charge in [0.15, 0.2) is 5.96 Å². The molecule has 2 saturated heterocycles. The Morgan fingerprint density at radius 1 is 1.08 bits per heavy atom. The second kappa shape index (κ2) is 13.1. The Bertz CT molecular complexity index is 364. The summed E-state index contributed by atoms with van der Waals surface area (Å²) in [6.45, 7) is 15.2. The van der Waals surface area contributed by atoms with Gasteiger partial charge in [-0.1, -0.05) is 6.92 Å². The molecule has 0 aromatic heterocycles. The number of nitrogens with zero attached hydrogens (tertiary/aromatic N) is 3. The van der Waals surface area contributed by atoms with Crippen LogP contribution in [0.1, 0.15) is 52.9 Å². The zero-order chi connectivity index (χ0) is 17.2. The van der Waals surface area contributed by atoms with Crippen molar-refractivity contribution in [2.75, 3.05) is 52.4 Å². The van der Waals surface area contributed by atoms with E-state index in [-0.39, 0.29) is 24.0 Å². The van der Waals surface area contributed by atoms with Crippen LogP contribution in [-0.4, -0.2) is 74.3 Å². The standard InChI is InChI=1S/C19H38N4O.HI/c1-4-20-19(23-15-9-18(10-16-23)24-5-2)21-11-6-12-22-13-7-17(3)8-14-22;/h17-18H,4-16H2,1-3H3,(H,20,21);1H. The van der Waals surface area contributed by atoms with Gasteiger partial charge >= 0.3 is 0 Å². The third kappa shape index (κ3) is 8.43. The number of hydrogen-bond donors (Lipinski definition) is 1. The maximum atomic E-state index is 5.75. The Labute approximate surface area is 172 Å². The van der Waals surface area contributed by atoms with E-state index in [1.54, 1.807) is 0 Å². The molecule has 0 bridgehead atoms. The van der Waals surface area contributed by atoms with E-state index in [1.165, 1.54) is 38.9 Å². The van der Waals surface area contributed by atoms with E-state index < -0.39 is 0 Å². The lowest BCUT2D eigenvalue weighted by Gasteiger charge is -2.34. The number of guanidine groups is 1. The first kappa shape index (κ1) is 23.0. The minimum absolute atomic E-state index is 0. The van der Waals surface area contributed by atoms with Gasteiger partial charge in [-0.3, -0.25) is 4.99 Å². The highest BCUT2D eigenvalue weighted by Crippen LogP contribution is 2.16. The van der Waals surface area contributed by atoms with Gasteiger partial charge in [0, 0.05) is 32.8 Å². The van der Waals surface area contributed by atoms with E-state index in [0.717, 1.165) is 57.5 Å². The Hall–Kier alpha value is -0.0800. The molecule has 0 radical (unpaired) electrons. The number of rotatable bonds is 7. The van der Waals surface area contributed by atoms with Crippen molar-refractivity contribution in [3.8, 4) is 0 Å². The molecule has 2 heterocycles. The summed E-state index contributed by atoms with van der Waals surface area (Å²) in [6.07, 6.45) is 6.56. The molecular formula is C19H39IN4O. The summed E-state index contributed by atoms with van der Waals surface area (Å²) in [5.41, 5.74) is 0. The zero-order valence-electron chi connectivity index (χ0n) is 16.5. The van der Waals surface area contributed by atoms with Crippen molar-refractivity contribution in [2.24, 2.45) is 10.9 Å². The first-order valence-corrected chi connectivity index (χ1v) is 10.1. The molecule has 0 atom stereocenters. The molecule has 25 heavy (non-hydrogen) atoms. The molecule has 0 aliphatic carbocycles. The lowest BCUT2D eigenvalue weighted by atomic mass is 9.99. The summed E-state index contributed by atoms with van der Waals surface area (Å²) in [7, 11) is 0. The number of nitrogens with one attached hydrogen (secondary N) is 1. The average Bonchev–Trinajstić information content (AvgIpc) is 2.60. The van der Waals surface area contributed by atoms with Crippen LogP contribution in [0.2, 0.25) is 0 Å². The molecule has 2 fully saturated rings. The molecule has 0 aromatic carbocycles. The van der Waals surface area contributed by atoms with Crippen molar-refractivity contribution in [1.82, 2.24) is 15.1 Å². The lowest BCUT2D eigenvalue weighted by molar-refractivity contribution is 0.0264. The van der Waals surface area contributed by atoms with E-state index in [2.05, 4.69) is 35.9 Å². The summed E-state index contributed by atoms with van der Waals surface area (Å²) < 4.78 is 5.75. The maximum Gasteiger partial charge on any atom is 0.193 e. The third-order valence-electron chi connectivity index (χ3n) is 5.25. The van der Waals surface area contributed by atoms with Gasteiger partial charge in [-0.15, -0.1) is 24.0 Å². The fourth-order valence-corrected chi connectivity index (χ4v) is 3.66. The molecule has 148 valence electrons. The summed E-state index contributed by atoms with van der Waals surface area (Å²) >= 11 is 0. The number of hydrogen-bond acceptors (Lipinski definition) is 3. The van der Waals surface area contributed by atoms with Gasteiger partial charge in [0.1, 0.15) is 0 Å². The summed E-state index contributed by atoms with van der Waals surface area (Å²) in [4.78, 5) is 9.88. The van der Waals surface area contributed by atoms with Crippen molar-refractivity contribution in [3.05, 3.63) is 0 Å². The van der Waals surface area contributed by atoms with Crippen molar-refractivity contribution < 1.29 is 4.74 Å². The van der Waals surface area contributed by atoms with E-state index in [1.807, 2.05) is 0 Å². The molecule has 1 N–H and O–H groups in total. The van der Waals surface area contributed by atoms with E-state index >= 15 is 0 Å². The Kier molecular flexibility index (Phi) is 12.1. The van der Waals surface area contributed by atoms with Gasteiger partial charge in [0.25, 0.3) is 0 Å². The zero-order valence-corrected chi connectivity index (χ0v) is 18.8. The Morgan fingerprint density at radius 3 is 2.36 bits per heavy atom. The molecule has 2 aliphatic rings. The van der Waals surface area contributed by atoms with Gasteiger partial charge in [0.05, 0.1) is 6.10 Å². The largest absolute Gasteiger partial charge is 0.378 e. The van der Waals surface area contributed by atoms with Crippen LogP contribution >= 0.6 is 24.0 Å². The monoisotopic (exact) mass is 466 g/mol. The van der Waals surface area contributed by atoms with Crippen LogP contribution in [-0.2, 0) is 4.74 Å². The molecule has 2 rings (SSSR count). The number of aliphatic imine (C=N–C) groups is 1. The van der Waals surface area contributed by atoms with Gasteiger partial charge in [-0.25, -0.2) is 0 Å². The highest BCUT2D eigenvalue weighted by atomic mass is 127. The van der Waals surface area contributed by atoms with E-state index in [9.17, 15) is 0 Å². The van der Waals surface area contributed by atoms with Crippen LogP contribution in [0.25, 0.3) is 0 Å². The van der Waals surface area contributed by atoms with Crippen molar-refractivity contribution >= 4 is 29.9 Å². The SMILES string of the molecule is CCNC(=NCCCN1CCC(C)CC1)N1CCC(OCC)CC1.I. The van der Waals surface area contributed by atoms with Crippen LogP contribution in [0.15, 0.2) is 4.99 Å². The van der Waals surface area contributed by atoms with Crippen LogP contribution in [0.5, 0.6) is 0 Å². The predicted molar refractivity (Wildman–Crippen MR) is 117 cm³/mol. The molecule has 0 unspecified atom stereocenters. The predicted octanol–water partition coefficient (Wildman–Crippen LogP) is 3.19. The van der Waals surface area contributed by atoms with Crippen molar-refractivity contribution in [1.29, 1.82) is 0 Å². The highest BCUT2D eigenvalue weighted by Gasteiger charge is 2.21. The summed E-state index contributed by atoms with van der Waals surface area (Å²) in [5.74, 6) is 2.01. The quantitative estimate of drug-likeness (QED) is 0.271. The fraction of sp³-hybridized carbons (Fsp3) is 0.947. The van der Waals surface area contributed by atoms with Crippen molar-refractivity contribution in [3.63, 3.8) is 0 Å². The van der Waals surface area contributed by atoms with Crippen LogP contribution < -0.4 is 5.32 Å². The summed E-state index contributed by atoms with van der Waals surface area (Å²) in [6, 6.07) is 0. The van der Waals surface area contributed by atoms with Crippen LogP contribution in [0.3, 0.4) is 0 Å². The van der Waals surface area contributed by atoms with Gasteiger partial charge in [-0.05, 0) is 71.5 Å². The van der Waals surface area contributed by atoms with Gasteiger partial charge < -0.3 is 19.9 Å². The summed E-state index contributed by atoms with van der Waals surface area (Å²) in [5, 5.41) is 3.46. The number of halogens is 1. The second-order valence-electron chi connectivity index (χ2n) is 7.26. The maximum absolute atomic E-state index is 5.75. The first-order chi connectivity index (χ1) is 11.7. The lowest BCUT2D eigenvalue weighted by Crippen LogP contribution is -2.47. The molecule has 0 spiro atoms. The number of likely N-dealkylation sites (tertiary alicyclic amines) is 2. The Balaban J connectivity index is 0.00000312.